The van der Waals surface area contributed by atoms with E-state index in [0.29, 0.717) is 10.6 Å². The van der Waals surface area contributed by atoms with Crippen LogP contribution in [0.25, 0.3) is 0 Å². The van der Waals surface area contributed by atoms with Gasteiger partial charge in [0.25, 0.3) is 0 Å². The van der Waals surface area contributed by atoms with E-state index in [-0.39, 0.29) is 22.6 Å². The predicted octanol–water partition coefficient (Wildman–Crippen LogP) is 3.72. The molecule has 0 aliphatic heterocycles. The number of anilines is 1. The van der Waals surface area contributed by atoms with Gasteiger partial charge in [0.15, 0.2) is 11.6 Å². The third-order valence-corrected chi connectivity index (χ3v) is 6.84. The molecule has 0 bridgehead atoms. The molecule has 9 heteroatoms. The Labute approximate surface area is 161 Å². The molecule has 2 aromatic carbocycles. The maximum atomic E-state index is 13.1. The van der Waals surface area contributed by atoms with Crippen LogP contribution >= 0.6 is 11.8 Å². The summed E-state index contributed by atoms with van der Waals surface area (Å²) in [5.41, 5.74) is 0.442. The number of sulfonamides is 1. The summed E-state index contributed by atoms with van der Waals surface area (Å²) in [7, 11) is -2.08. The van der Waals surface area contributed by atoms with E-state index in [9.17, 15) is 22.0 Å². The quantitative estimate of drug-likeness (QED) is 0.701. The fourth-order valence-corrected chi connectivity index (χ4v) is 4.16. The minimum atomic E-state index is -3.59. The van der Waals surface area contributed by atoms with Crippen LogP contribution in [0.2, 0.25) is 0 Å². The van der Waals surface area contributed by atoms with Crippen molar-refractivity contribution in [2.24, 2.45) is 0 Å². The highest BCUT2D eigenvalue weighted by atomic mass is 32.2. The summed E-state index contributed by atoms with van der Waals surface area (Å²) in [6.45, 7) is 3.55. The highest BCUT2D eigenvalue weighted by Crippen LogP contribution is 2.22. The lowest BCUT2D eigenvalue weighted by Gasteiger charge is -2.21. The standard InChI is InChI=1S/C18H20F2N2O3S2/c1-12(2)22(3)27(24,25)15-7-4-13(5-8-15)21-18(23)11-26-14-6-9-16(19)17(20)10-14/h4-10,12H,11H2,1-3H3,(H,21,23). The molecule has 5 nitrogen and oxygen atoms in total. The van der Waals surface area contributed by atoms with Gasteiger partial charge in [0, 0.05) is 23.7 Å². The van der Waals surface area contributed by atoms with Crippen molar-refractivity contribution >= 4 is 33.4 Å². The van der Waals surface area contributed by atoms with Gasteiger partial charge in [-0.15, -0.1) is 11.8 Å². The van der Waals surface area contributed by atoms with Crippen molar-refractivity contribution in [3.05, 3.63) is 54.1 Å². The summed E-state index contributed by atoms with van der Waals surface area (Å²) >= 11 is 1.06. The lowest BCUT2D eigenvalue weighted by Crippen LogP contribution is -2.33. The molecule has 146 valence electrons. The molecule has 0 fully saturated rings. The molecule has 0 atom stereocenters. The van der Waals surface area contributed by atoms with Gasteiger partial charge in [-0.05, 0) is 56.3 Å². The third kappa shape index (κ3) is 5.50. The molecule has 0 unspecified atom stereocenters. The zero-order valence-electron chi connectivity index (χ0n) is 15.1. The monoisotopic (exact) mass is 414 g/mol. The number of rotatable bonds is 7. The lowest BCUT2D eigenvalue weighted by atomic mass is 10.3. The van der Waals surface area contributed by atoms with Crippen LogP contribution in [0.4, 0.5) is 14.5 Å². The van der Waals surface area contributed by atoms with Crippen LogP contribution in [-0.2, 0) is 14.8 Å². The molecule has 0 aliphatic rings. The van der Waals surface area contributed by atoms with Crippen molar-refractivity contribution in [1.82, 2.24) is 4.31 Å². The number of carbonyl (C=O) groups is 1. The van der Waals surface area contributed by atoms with Crippen molar-refractivity contribution < 1.29 is 22.0 Å². The molecule has 0 aromatic heterocycles. The number of benzene rings is 2. The second-order valence-electron chi connectivity index (χ2n) is 6.05. The first-order valence-electron chi connectivity index (χ1n) is 8.07. The van der Waals surface area contributed by atoms with Crippen LogP contribution in [0.15, 0.2) is 52.3 Å². The first kappa shape index (κ1) is 21.3. The van der Waals surface area contributed by atoms with Crippen molar-refractivity contribution in [2.45, 2.75) is 29.7 Å². The van der Waals surface area contributed by atoms with E-state index in [1.807, 2.05) is 0 Å². The van der Waals surface area contributed by atoms with E-state index in [2.05, 4.69) is 5.32 Å². The zero-order valence-corrected chi connectivity index (χ0v) is 16.7. The normalized spacial score (nSPS) is 11.8. The molecule has 0 saturated carbocycles. The summed E-state index contributed by atoms with van der Waals surface area (Å²) in [5.74, 6) is -2.26. The minimum absolute atomic E-state index is 0.00120. The molecule has 0 saturated heterocycles. The lowest BCUT2D eigenvalue weighted by molar-refractivity contribution is -0.113. The van der Waals surface area contributed by atoms with Gasteiger partial charge in [0.2, 0.25) is 15.9 Å². The molecular weight excluding hydrogens is 394 g/mol. The smallest absolute Gasteiger partial charge is 0.243 e. The topological polar surface area (TPSA) is 66.5 Å². The number of carbonyl (C=O) groups excluding carboxylic acids is 1. The predicted molar refractivity (Wildman–Crippen MR) is 102 cm³/mol. The van der Waals surface area contributed by atoms with Crippen molar-refractivity contribution in [3.8, 4) is 0 Å². The zero-order chi connectivity index (χ0) is 20.2. The Bertz CT molecular complexity index is 917. The molecule has 1 amide bonds. The molecule has 0 spiro atoms. The maximum Gasteiger partial charge on any atom is 0.243 e. The van der Waals surface area contributed by atoms with E-state index < -0.39 is 21.7 Å². The van der Waals surface area contributed by atoms with Crippen LogP contribution < -0.4 is 5.32 Å². The summed E-state index contributed by atoms with van der Waals surface area (Å²) in [5, 5.41) is 2.63. The van der Waals surface area contributed by atoms with E-state index in [1.54, 1.807) is 13.8 Å². The van der Waals surface area contributed by atoms with Crippen LogP contribution in [0.3, 0.4) is 0 Å². The van der Waals surface area contributed by atoms with Gasteiger partial charge in [0.1, 0.15) is 0 Å². The van der Waals surface area contributed by atoms with Gasteiger partial charge in [-0.3, -0.25) is 4.79 Å². The van der Waals surface area contributed by atoms with Crippen LogP contribution in [-0.4, -0.2) is 37.5 Å². The summed E-state index contributed by atoms with van der Waals surface area (Å²) in [6, 6.07) is 9.09. The number of hydrogen-bond donors (Lipinski definition) is 1. The van der Waals surface area contributed by atoms with Gasteiger partial charge in [-0.25, -0.2) is 17.2 Å². The second kappa shape index (κ2) is 8.81. The molecule has 0 heterocycles. The van der Waals surface area contributed by atoms with Crippen molar-refractivity contribution in [1.29, 1.82) is 0 Å². The van der Waals surface area contributed by atoms with Gasteiger partial charge >= 0.3 is 0 Å². The molecule has 0 aliphatic carbocycles. The van der Waals surface area contributed by atoms with E-state index in [4.69, 9.17) is 0 Å². The van der Waals surface area contributed by atoms with Crippen molar-refractivity contribution in [2.75, 3.05) is 18.1 Å². The first-order chi connectivity index (χ1) is 12.6. The number of hydrogen-bond acceptors (Lipinski definition) is 4. The van der Waals surface area contributed by atoms with Gasteiger partial charge in [-0.1, -0.05) is 0 Å². The Hall–Kier alpha value is -1.97. The molecule has 2 aromatic rings. The van der Waals surface area contributed by atoms with E-state index >= 15 is 0 Å². The molecule has 0 radical (unpaired) electrons. The highest BCUT2D eigenvalue weighted by Gasteiger charge is 2.22. The Morgan fingerprint density at radius 2 is 1.74 bits per heavy atom. The molecule has 1 N–H and O–H groups in total. The first-order valence-corrected chi connectivity index (χ1v) is 10.5. The SMILES string of the molecule is CC(C)N(C)S(=O)(=O)c1ccc(NC(=O)CSc2ccc(F)c(F)c2)cc1. The fraction of sp³-hybridized carbons (Fsp3) is 0.278. The van der Waals surface area contributed by atoms with Crippen LogP contribution in [0.5, 0.6) is 0 Å². The third-order valence-electron chi connectivity index (χ3n) is 3.80. The number of amides is 1. The maximum absolute atomic E-state index is 13.1. The fourth-order valence-electron chi connectivity index (χ4n) is 2.07. The van der Waals surface area contributed by atoms with Crippen LogP contribution in [0, 0.1) is 11.6 Å². The highest BCUT2D eigenvalue weighted by molar-refractivity contribution is 8.00. The number of nitrogens with one attached hydrogen (secondary N) is 1. The van der Waals surface area contributed by atoms with Gasteiger partial charge in [0.05, 0.1) is 10.6 Å². The number of nitrogens with zero attached hydrogens (tertiary/aromatic N) is 1. The van der Waals surface area contributed by atoms with E-state index in [0.717, 1.165) is 23.9 Å². The Kier molecular flexibility index (Phi) is 6.96. The largest absolute Gasteiger partial charge is 0.325 e. The second-order valence-corrected chi connectivity index (χ2v) is 9.10. The minimum Gasteiger partial charge on any atom is -0.325 e. The average Bonchev–Trinajstić information content (AvgIpc) is 2.62. The molecule has 2 rings (SSSR count). The Morgan fingerprint density at radius 1 is 1.11 bits per heavy atom. The van der Waals surface area contributed by atoms with E-state index in [1.165, 1.54) is 41.7 Å². The number of halogens is 2. The number of thioether (sulfide) groups is 1. The van der Waals surface area contributed by atoms with Crippen LogP contribution in [0.1, 0.15) is 13.8 Å². The van der Waals surface area contributed by atoms with Crippen molar-refractivity contribution in [3.63, 3.8) is 0 Å². The Morgan fingerprint density at radius 3 is 2.30 bits per heavy atom. The Balaban J connectivity index is 1.97. The summed E-state index contributed by atoms with van der Waals surface area (Å²) in [4.78, 5) is 12.6. The average molecular weight is 414 g/mol. The summed E-state index contributed by atoms with van der Waals surface area (Å²) < 4.78 is 52.1. The molecule has 27 heavy (non-hydrogen) atoms. The summed E-state index contributed by atoms with van der Waals surface area (Å²) in [6.07, 6.45) is 0. The van der Waals surface area contributed by atoms with Gasteiger partial charge in [-0.2, -0.15) is 4.31 Å². The van der Waals surface area contributed by atoms with Gasteiger partial charge < -0.3 is 5.32 Å². The molecular formula is C18H20F2N2O3S2.